The van der Waals surface area contributed by atoms with Crippen molar-refractivity contribution in [2.75, 3.05) is 9.80 Å². The number of anilines is 6. The maximum Gasteiger partial charge on any atom is 0.0640 e. The average Bonchev–Trinajstić information content (AvgIpc) is 3.40. The molecule has 334 valence electrons. The minimum Gasteiger partial charge on any atom is -0.310 e. The van der Waals surface area contributed by atoms with Crippen molar-refractivity contribution in [1.29, 1.82) is 0 Å². The summed E-state index contributed by atoms with van der Waals surface area (Å²) in [7, 11) is 0. The Labute approximate surface area is 410 Å². The maximum absolute atomic E-state index is 4.58. The molecular formula is C68H52N2. The van der Waals surface area contributed by atoms with Crippen molar-refractivity contribution in [2.24, 2.45) is 0 Å². The predicted molar refractivity (Wildman–Crippen MR) is 303 cm³/mol. The Morgan fingerprint density at radius 2 is 0.643 bits per heavy atom. The first-order valence-electron chi connectivity index (χ1n) is 24.2. The van der Waals surface area contributed by atoms with Crippen molar-refractivity contribution in [1.82, 2.24) is 0 Å². The van der Waals surface area contributed by atoms with Crippen LogP contribution in [0.4, 0.5) is 34.1 Å². The van der Waals surface area contributed by atoms with Crippen LogP contribution in [0.5, 0.6) is 0 Å². The van der Waals surface area contributed by atoms with Crippen LogP contribution in [0.25, 0.3) is 65.0 Å². The second-order valence-electron chi connectivity index (χ2n) is 19.0. The van der Waals surface area contributed by atoms with Gasteiger partial charge in [0.25, 0.3) is 0 Å². The molecule has 12 rings (SSSR count). The summed E-state index contributed by atoms with van der Waals surface area (Å²) >= 11 is 0. The van der Waals surface area contributed by atoms with E-state index in [0.717, 1.165) is 67.5 Å². The van der Waals surface area contributed by atoms with E-state index in [1.54, 1.807) is 0 Å². The first kappa shape index (κ1) is 42.6. The molecule has 2 heteroatoms. The summed E-state index contributed by atoms with van der Waals surface area (Å²) in [4.78, 5) is 4.96. The van der Waals surface area contributed by atoms with Crippen LogP contribution in [-0.4, -0.2) is 0 Å². The normalized spacial score (nSPS) is 11.5. The van der Waals surface area contributed by atoms with E-state index in [0.29, 0.717) is 0 Å². The first-order valence-corrected chi connectivity index (χ1v) is 24.2. The van der Waals surface area contributed by atoms with Gasteiger partial charge in [-0.3, -0.25) is 0 Å². The third-order valence-electron chi connectivity index (χ3n) is 14.4. The smallest absolute Gasteiger partial charge is 0.0640 e. The van der Waals surface area contributed by atoms with Crippen LogP contribution >= 0.6 is 0 Å². The molecule has 0 aliphatic carbocycles. The van der Waals surface area contributed by atoms with Gasteiger partial charge >= 0.3 is 0 Å². The number of hydrogen-bond acceptors (Lipinski definition) is 2. The second kappa shape index (κ2) is 17.1. The van der Waals surface area contributed by atoms with Gasteiger partial charge in [0.15, 0.2) is 0 Å². The highest BCUT2D eigenvalue weighted by atomic mass is 15.2. The Balaban J connectivity index is 1.19. The predicted octanol–water partition coefficient (Wildman–Crippen LogP) is 19.2. The molecule has 0 aliphatic heterocycles. The minimum atomic E-state index is 0.998. The lowest BCUT2D eigenvalue weighted by atomic mass is 9.85. The maximum atomic E-state index is 4.58. The molecule has 0 fully saturated rings. The van der Waals surface area contributed by atoms with Crippen LogP contribution in [0.1, 0.15) is 44.5 Å². The quantitative estimate of drug-likeness (QED) is 0.0997. The molecule has 0 radical (unpaired) electrons. The Bertz CT molecular complexity index is 3950. The number of fused-ring (bicyclic) bond motifs is 4. The Morgan fingerprint density at radius 1 is 0.286 bits per heavy atom. The van der Waals surface area contributed by atoms with Gasteiger partial charge in [0, 0.05) is 38.9 Å². The summed E-state index contributed by atoms with van der Waals surface area (Å²) in [6.45, 7) is 17.7. The van der Waals surface area contributed by atoms with Crippen molar-refractivity contribution in [2.45, 2.75) is 27.7 Å². The topological polar surface area (TPSA) is 6.48 Å². The molecule has 0 bridgehead atoms. The third-order valence-corrected chi connectivity index (χ3v) is 14.4. The van der Waals surface area contributed by atoms with Crippen LogP contribution in [0, 0.1) is 27.7 Å². The van der Waals surface area contributed by atoms with Gasteiger partial charge in [0.05, 0.1) is 11.4 Å². The van der Waals surface area contributed by atoms with Gasteiger partial charge in [0.1, 0.15) is 0 Å². The van der Waals surface area contributed by atoms with Gasteiger partial charge in [-0.15, -0.1) is 0 Å². The second-order valence-corrected chi connectivity index (χ2v) is 19.0. The van der Waals surface area contributed by atoms with Crippen LogP contribution < -0.4 is 9.80 Å². The molecule has 0 unspecified atom stereocenters. The van der Waals surface area contributed by atoms with Crippen LogP contribution in [0.2, 0.25) is 0 Å². The lowest BCUT2D eigenvalue weighted by Gasteiger charge is -2.34. The lowest BCUT2D eigenvalue weighted by Crippen LogP contribution is -2.15. The molecule has 12 aromatic rings. The molecule has 12 aromatic carbocycles. The highest BCUT2D eigenvalue weighted by molar-refractivity contribution is 6.42. The van der Waals surface area contributed by atoms with Crippen molar-refractivity contribution in [3.8, 4) is 0 Å². The fourth-order valence-electron chi connectivity index (χ4n) is 10.7. The average molecular weight is 897 g/mol. The molecule has 0 atom stereocenters. The number of rotatable bonds is 10. The van der Waals surface area contributed by atoms with Crippen molar-refractivity contribution in [3.05, 3.63) is 276 Å². The Morgan fingerprint density at radius 3 is 1.13 bits per heavy atom. The molecule has 70 heavy (non-hydrogen) atoms. The van der Waals surface area contributed by atoms with E-state index in [9.17, 15) is 0 Å². The molecule has 2 nitrogen and oxygen atoms in total. The largest absolute Gasteiger partial charge is 0.310 e. The molecule has 0 aromatic heterocycles. The molecule has 0 amide bonds. The minimum absolute atomic E-state index is 0.998. The standard InChI is InChI=1S/C68H52N2/c1-43-17-25-49(26-18-43)47(5)51-29-37-55(38-30-51)69(54-33-21-45(3)22-34-54)63-42-41-60-58-15-9-11-53-12-10-16-62(64(53)58)65-59-13-7-8-14-61(59)68(67(63)66(60)65)70(56-35-23-46(4)24-36-56)57-39-31-52(32-40-57)48(6)50-27-19-44(2)20-28-50/h7-42H,5-6H2,1-4H3. The fraction of sp³-hybridized carbons (Fsp3) is 0.0588. The molecule has 0 heterocycles. The monoisotopic (exact) mass is 896 g/mol. The summed E-state index contributed by atoms with van der Waals surface area (Å²) in [5, 5.41) is 12.3. The molecule has 0 saturated heterocycles. The number of hydrogen-bond donors (Lipinski definition) is 0. The van der Waals surface area contributed by atoms with Gasteiger partial charge in [-0.05, 0) is 153 Å². The van der Waals surface area contributed by atoms with Gasteiger partial charge in [0.2, 0.25) is 0 Å². The van der Waals surface area contributed by atoms with Gasteiger partial charge < -0.3 is 9.80 Å². The summed E-state index contributed by atoms with van der Waals surface area (Å²) in [6, 6.07) is 80.6. The van der Waals surface area contributed by atoms with Crippen LogP contribution in [0.3, 0.4) is 0 Å². The summed E-state index contributed by atoms with van der Waals surface area (Å²) < 4.78 is 0. The molecular weight excluding hydrogens is 845 g/mol. The summed E-state index contributed by atoms with van der Waals surface area (Å²) in [6.07, 6.45) is 0. The van der Waals surface area contributed by atoms with E-state index in [4.69, 9.17) is 0 Å². The molecule has 0 aliphatic rings. The zero-order valence-corrected chi connectivity index (χ0v) is 40.1. The molecule has 0 spiro atoms. The fourth-order valence-corrected chi connectivity index (χ4v) is 10.7. The van der Waals surface area contributed by atoms with E-state index in [2.05, 4.69) is 269 Å². The highest BCUT2D eigenvalue weighted by Gasteiger charge is 2.28. The van der Waals surface area contributed by atoms with Crippen LogP contribution in [-0.2, 0) is 0 Å². The lowest BCUT2D eigenvalue weighted by molar-refractivity contribution is 1.27. The zero-order chi connectivity index (χ0) is 47.6. The van der Waals surface area contributed by atoms with E-state index in [1.165, 1.54) is 76.1 Å². The number of nitrogens with zero attached hydrogens (tertiary/aromatic N) is 2. The number of aryl methyl sites for hydroxylation is 4. The highest BCUT2D eigenvalue weighted by Crippen LogP contribution is 2.55. The molecule has 0 saturated carbocycles. The van der Waals surface area contributed by atoms with E-state index < -0.39 is 0 Å². The Hall–Kier alpha value is -8.72. The van der Waals surface area contributed by atoms with Gasteiger partial charge in [-0.25, -0.2) is 0 Å². The first-order chi connectivity index (χ1) is 34.2. The number of benzene rings is 12. The zero-order valence-electron chi connectivity index (χ0n) is 40.1. The van der Waals surface area contributed by atoms with Crippen molar-refractivity contribution < 1.29 is 0 Å². The van der Waals surface area contributed by atoms with Crippen molar-refractivity contribution in [3.63, 3.8) is 0 Å². The summed E-state index contributed by atoms with van der Waals surface area (Å²) in [5.41, 5.74) is 17.8. The van der Waals surface area contributed by atoms with E-state index >= 15 is 0 Å². The van der Waals surface area contributed by atoms with Crippen molar-refractivity contribution >= 4 is 99.1 Å². The van der Waals surface area contributed by atoms with E-state index in [-0.39, 0.29) is 0 Å². The summed E-state index contributed by atoms with van der Waals surface area (Å²) in [5.74, 6) is 0. The molecule has 0 N–H and O–H groups in total. The van der Waals surface area contributed by atoms with Gasteiger partial charge in [-0.1, -0.05) is 199 Å². The van der Waals surface area contributed by atoms with Gasteiger partial charge in [-0.2, -0.15) is 0 Å². The van der Waals surface area contributed by atoms with Crippen LogP contribution in [0.15, 0.2) is 232 Å². The van der Waals surface area contributed by atoms with E-state index in [1.807, 2.05) is 0 Å². The SMILES string of the molecule is C=C(c1ccc(C)cc1)c1ccc(N(c2ccc(C)cc2)c2ccc3c4cccc5cccc(c54)c4c5ccccc5c(N(c5ccc(C)cc5)c5ccc(C(=C)c6ccc(C)cc6)cc5)c2c34)cc1. The Kier molecular flexibility index (Phi) is 10.4. The third kappa shape index (κ3) is 7.20.